The van der Waals surface area contributed by atoms with Crippen LogP contribution in [0.5, 0.6) is 11.5 Å². The minimum absolute atomic E-state index is 0.0285. The Morgan fingerprint density at radius 1 is 1.05 bits per heavy atom. The molecule has 19 heavy (non-hydrogen) atoms. The van der Waals surface area contributed by atoms with Crippen LogP contribution >= 0.6 is 11.6 Å². The predicted octanol–water partition coefficient (Wildman–Crippen LogP) is 3.99. The molecule has 5 heteroatoms. The van der Waals surface area contributed by atoms with Gasteiger partial charge in [-0.2, -0.15) is 0 Å². The molecule has 0 fully saturated rings. The van der Waals surface area contributed by atoms with Crippen LogP contribution in [0.2, 0.25) is 0 Å². The van der Waals surface area contributed by atoms with Gasteiger partial charge in [0.25, 0.3) is 0 Å². The average Bonchev–Trinajstić information content (AvgIpc) is 2.37. The maximum absolute atomic E-state index is 13.6. The summed E-state index contributed by atoms with van der Waals surface area (Å²) in [5, 5.41) is 9.27. The lowest BCUT2D eigenvalue weighted by Crippen LogP contribution is -2.00. The molecule has 0 amide bonds. The maximum Gasteiger partial charge on any atom is 0.191 e. The fourth-order valence-corrected chi connectivity index (χ4v) is 1.78. The second kappa shape index (κ2) is 5.89. The molecule has 1 N–H and O–H groups in total. The standard InChI is InChI=1S/C14H11ClF2O2/c15-7-10-5-12(16)14(13(17)6-10)19-8-9-2-1-3-11(18)4-9/h1-6,18H,7-8H2. The van der Waals surface area contributed by atoms with Crippen LogP contribution in [0.4, 0.5) is 8.78 Å². The Balaban J connectivity index is 2.16. The first-order chi connectivity index (χ1) is 9.10. The van der Waals surface area contributed by atoms with E-state index in [9.17, 15) is 13.9 Å². The van der Waals surface area contributed by atoms with Gasteiger partial charge in [-0.25, -0.2) is 8.78 Å². The fourth-order valence-electron chi connectivity index (χ4n) is 1.63. The molecular formula is C14H11ClF2O2. The van der Waals surface area contributed by atoms with E-state index in [1.54, 1.807) is 12.1 Å². The van der Waals surface area contributed by atoms with E-state index in [0.29, 0.717) is 11.1 Å². The largest absolute Gasteiger partial charge is 0.508 e. The highest BCUT2D eigenvalue weighted by Crippen LogP contribution is 2.25. The number of phenols is 1. The summed E-state index contributed by atoms with van der Waals surface area (Å²) in [6.45, 7) is -0.0392. The number of alkyl halides is 1. The van der Waals surface area contributed by atoms with Gasteiger partial charge in [0.2, 0.25) is 0 Å². The first-order valence-corrected chi connectivity index (χ1v) is 6.08. The smallest absolute Gasteiger partial charge is 0.191 e. The molecule has 0 saturated carbocycles. The van der Waals surface area contributed by atoms with Gasteiger partial charge in [0.15, 0.2) is 17.4 Å². The molecule has 2 aromatic carbocycles. The lowest BCUT2D eigenvalue weighted by atomic mass is 10.2. The summed E-state index contributed by atoms with van der Waals surface area (Å²) in [7, 11) is 0. The molecule has 2 rings (SSSR count). The first-order valence-electron chi connectivity index (χ1n) is 5.54. The number of hydrogen-bond acceptors (Lipinski definition) is 2. The summed E-state index contributed by atoms with van der Waals surface area (Å²) < 4.78 is 32.3. The summed E-state index contributed by atoms with van der Waals surface area (Å²) in [6.07, 6.45) is 0. The van der Waals surface area contributed by atoms with Gasteiger partial charge in [-0.05, 0) is 35.4 Å². The average molecular weight is 285 g/mol. The molecule has 0 aromatic heterocycles. The van der Waals surface area contributed by atoms with Gasteiger partial charge in [-0.3, -0.25) is 0 Å². The Labute approximate surface area is 114 Å². The van der Waals surface area contributed by atoms with Crippen LogP contribution in [0.1, 0.15) is 11.1 Å². The van der Waals surface area contributed by atoms with Gasteiger partial charge < -0.3 is 9.84 Å². The minimum Gasteiger partial charge on any atom is -0.508 e. The lowest BCUT2D eigenvalue weighted by Gasteiger charge is -2.09. The topological polar surface area (TPSA) is 29.5 Å². The Hall–Kier alpha value is -1.81. The number of ether oxygens (including phenoxy) is 1. The third-order valence-corrected chi connectivity index (χ3v) is 2.81. The number of benzene rings is 2. The molecule has 0 aliphatic heterocycles. The van der Waals surface area contributed by atoms with Gasteiger partial charge in [0.1, 0.15) is 12.4 Å². The minimum atomic E-state index is -0.796. The number of aromatic hydroxyl groups is 1. The van der Waals surface area contributed by atoms with Crippen molar-refractivity contribution in [3.63, 3.8) is 0 Å². The van der Waals surface area contributed by atoms with E-state index in [-0.39, 0.29) is 18.2 Å². The number of hydrogen-bond donors (Lipinski definition) is 1. The number of rotatable bonds is 4. The highest BCUT2D eigenvalue weighted by Gasteiger charge is 2.12. The molecular weight excluding hydrogens is 274 g/mol. The van der Waals surface area contributed by atoms with Crippen LogP contribution in [0.3, 0.4) is 0 Å². The van der Waals surface area contributed by atoms with Crippen LogP contribution in [0, 0.1) is 11.6 Å². The molecule has 0 aliphatic rings. The van der Waals surface area contributed by atoms with Crippen LogP contribution in [-0.2, 0) is 12.5 Å². The monoisotopic (exact) mass is 284 g/mol. The van der Waals surface area contributed by atoms with Gasteiger partial charge in [0, 0.05) is 5.88 Å². The third kappa shape index (κ3) is 3.35. The normalized spacial score (nSPS) is 10.5. The molecule has 0 heterocycles. The molecule has 0 saturated heterocycles. The first kappa shape index (κ1) is 13.6. The SMILES string of the molecule is Oc1cccc(COc2c(F)cc(CCl)cc2F)c1. The Morgan fingerprint density at radius 2 is 1.74 bits per heavy atom. The van der Waals surface area contributed by atoms with Crippen molar-refractivity contribution in [2.45, 2.75) is 12.5 Å². The Morgan fingerprint density at radius 3 is 2.32 bits per heavy atom. The van der Waals surface area contributed by atoms with Crippen molar-refractivity contribution in [3.05, 3.63) is 59.2 Å². The number of phenolic OH excluding ortho intramolecular Hbond substituents is 1. The predicted molar refractivity (Wildman–Crippen MR) is 68.4 cm³/mol. The van der Waals surface area contributed by atoms with E-state index in [4.69, 9.17) is 16.3 Å². The van der Waals surface area contributed by atoms with Crippen molar-refractivity contribution in [3.8, 4) is 11.5 Å². The Kier molecular flexibility index (Phi) is 4.22. The van der Waals surface area contributed by atoms with Crippen molar-refractivity contribution >= 4 is 11.6 Å². The molecule has 0 bridgehead atoms. The fraction of sp³-hybridized carbons (Fsp3) is 0.143. The van der Waals surface area contributed by atoms with Crippen molar-refractivity contribution in [2.24, 2.45) is 0 Å². The highest BCUT2D eigenvalue weighted by atomic mass is 35.5. The maximum atomic E-state index is 13.6. The Bertz CT molecular complexity index is 564. The van der Waals surface area contributed by atoms with Gasteiger partial charge in [-0.1, -0.05) is 12.1 Å². The summed E-state index contributed by atoms with van der Waals surface area (Å²) in [4.78, 5) is 0. The zero-order valence-corrected chi connectivity index (χ0v) is 10.6. The van der Waals surface area contributed by atoms with E-state index < -0.39 is 17.4 Å². The van der Waals surface area contributed by atoms with Crippen molar-refractivity contribution in [2.75, 3.05) is 0 Å². The highest BCUT2D eigenvalue weighted by molar-refractivity contribution is 6.17. The zero-order valence-electron chi connectivity index (χ0n) is 9.87. The van der Waals surface area contributed by atoms with Crippen molar-refractivity contribution in [1.29, 1.82) is 0 Å². The molecule has 2 nitrogen and oxygen atoms in total. The van der Waals surface area contributed by atoms with E-state index in [2.05, 4.69) is 0 Å². The summed E-state index contributed by atoms with van der Waals surface area (Å²) in [5.74, 6) is -1.94. The second-order valence-electron chi connectivity index (χ2n) is 3.98. The van der Waals surface area contributed by atoms with Crippen LogP contribution in [0.15, 0.2) is 36.4 Å². The molecule has 100 valence electrons. The summed E-state index contributed by atoms with van der Waals surface area (Å²) in [6, 6.07) is 8.53. The van der Waals surface area contributed by atoms with E-state index in [1.807, 2.05) is 0 Å². The molecule has 0 aliphatic carbocycles. The van der Waals surface area contributed by atoms with E-state index in [1.165, 1.54) is 12.1 Å². The molecule has 0 atom stereocenters. The molecule has 0 unspecified atom stereocenters. The van der Waals surface area contributed by atoms with Gasteiger partial charge in [-0.15, -0.1) is 11.6 Å². The lowest BCUT2D eigenvalue weighted by molar-refractivity contribution is 0.273. The van der Waals surface area contributed by atoms with Crippen LogP contribution < -0.4 is 4.74 Å². The van der Waals surface area contributed by atoms with Gasteiger partial charge in [0.05, 0.1) is 0 Å². The van der Waals surface area contributed by atoms with E-state index in [0.717, 1.165) is 12.1 Å². The number of halogens is 3. The van der Waals surface area contributed by atoms with Gasteiger partial charge >= 0.3 is 0 Å². The second-order valence-corrected chi connectivity index (χ2v) is 4.25. The van der Waals surface area contributed by atoms with Crippen molar-refractivity contribution in [1.82, 2.24) is 0 Å². The third-order valence-electron chi connectivity index (χ3n) is 2.51. The quantitative estimate of drug-likeness (QED) is 0.860. The molecule has 0 spiro atoms. The summed E-state index contributed by atoms with van der Waals surface area (Å²) >= 11 is 5.51. The van der Waals surface area contributed by atoms with E-state index >= 15 is 0 Å². The van der Waals surface area contributed by atoms with Crippen molar-refractivity contribution < 1.29 is 18.6 Å². The zero-order chi connectivity index (χ0) is 13.8. The molecule has 0 radical (unpaired) electrons. The summed E-state index contributed by atoms with van der Waals surface area (Å²) in [5.41, 5.74) is 0.960. The molecule has 2 aromatic rings. The van der Waals surface area contributed by atoms with Crippen LogP contribution in [0.25, 0.3) is 0 Å². The van der Waals surface area contributed by atoms with Crippen LogP contribution in [-0.4, -0.2) is 5.11 Å².